The Kier molecular flexibility index (Phi) is 5.03. The molecule has 2 aromatic rings. The lowest BCUT2D eigenvalue weighted by Crippen LogP contribution is -2.35. The SMILES string of the molecule is CC(=O)C1CCCN1CCC=C1c2ccccc2CCc2ccccc21. The normalized spacial score (nSPS) is 19.6. The third kappa shape index (κ3) is 3.39. The van der Waals surface area contributed by atoms with Crippen LogP contribution in [-0.2, 0) is 17.6 Å². The van der Waals surface area contributed by atoms with Crippen molar-refractivity contribution in [2.45, 2.75) is 45.1 Å². The molecule has 1 atom stereocenters. The lowest BCUT2D eigenvalue weighted by atomic mass is 9.93. The van der Waals surface area contributed by atoms with E-state index >= 15 is 0 Å². The van der Waals surface area contributed by atoms with Gasteiger partial charge in [0, 0.05) is 6.54 Å². The maximum Gasteiger partial charge on any atom is 0.146 e. The van der Waals surface area contributed by atoms with Gasteiger partial charge < -0.3 is 0 Å². The van der Waals surface area contributed by atoms with Crippen LogP contribution in [0.2, 0.25) is 0 Å². The molecule has 1 fully saturated rings. The van der Waals surface area contributed by atoms with Crippen molar-refractivity contribution in [1.29, 1.82) is 0 Å². The number of hydrogen-bond donors (Lipinski definition) is 0. The molecule has 0 amide bonds. The number of fused-ring (bicyclic) bond motifs is 2. The second-order valence-corrected chi connectivity index (χ2v) is 7.53. The average Bonchev–Trinajstić information content (AvgIpc) is 3.07. The van der Waals surface area contributed by atoms with Crippen molar-refractivity contribution in [2.75, 3.05) is 13.1 Å². The van der Waals surface area contributed by atoms with Crippen LogP contribution in [0.5, 0.6) is 0 Å². The van der Waals surface area contributed by atoms with E-state index in [2.05, 4.69) is 59.5 Å². The number of Topliss-reactive ketones (excluding diaryl/α,β-unsaturated/α-hetero) is 1. The van der Waals surface area contributed by atoms with Crippen molar-refractivity contribution in [1.82, 2.24) is 4.90 Å². The zero-order valence-electron chi connectivity index (χ0n) is 15.6. The highest BCUT2D eigenvalue weighted by Crippen LogP contribution is 2.33. The van der Waals surface area contributed by atoms with Crippen LogP contribution in [0.3, 0.4) is 0 Å². The molecule has 0 radical (unpaired) electrons. The molecule has 2 aliphatic rings. The summed E-state index contributed by atoms with van der Waals surface area (Å²) in [6, 6.07) is 17.8. The smallest absolute Gasteiger partial charge is 0.146 e. The first-order chi connectivity index (χ1) is 12.7. The Morgan fingerprint density at radius 1 is 1.04 bits per heavy atom. The van der Waals surface area contributed by atoms with Gasteiger partial charge in [0.15, 0.2) is 0 Å². The van der Waals surface area contributed by atoms with Gasteiger partial charge >= 0.3 is 0 Å². The van der Waals surface area contributed by atoms with Crippen LogP contribution < -0.4 is 0 Å². The van der Waals surface area contributed by atoms with Crippen LogP contribution in [-0.4, -0.2) is 29.8 Å². The standard InChI is InChI=1S/C24H27NO/c1-18(26)24-13-7-17-25(24)16-6-12-23-21-10-4-2-8-19(21)14-15-20-9-3-5-11-22(20)23/h2-5,8-12,24H,6-7,13-17H2,1H3. The summed E-state index contributed by atoms with van der Waals surface area (Å²) >= 11 is 0. The lowest BCUT2D eigenvalue weighted by molar-refractivity contribution is -0.121. The Hall–Kier alpha value is -2.19. The minimum atomic E-state index is 0.141. The van der Waals surface area contributed by atoms with Gasteiger partial charge in [0.2, 0.25) is 0 Å². The summed E-state index contributed by atoms with van der Waals surface area (Å²) in [7, 11) is 0. The van der Waals surface area contributed by atoms with Gasteiger partial charge in [0.25, 0.3) is 0 Å². The third-order valence-corrected chi connectivity index (χ3v) is 5.88. The number of ketones is 1. The second-order valence-electron chi connectivity index (χ2n) is 7.53. The van der Waals surface area contributed by atoms with Crippen LogP contribution >= 0.6 is 0 Å². The third-order valence-electron chi connectivity index (χ3n) is 5.88. The molecule has 2 heteroatoms. The summed E-state index contributed by atoms with van der Waals surface area (Å²) in [6.07, 6.45) is 7.76. The molecule has 1 aliphatic carbocycles. The largest absolute Gasteiger partial charge is 0.298 e. The van der Waals surface area contributed by atoms with E-state index in [1.165, 1.54) is 27.8 Å². The summed E-state index contributed by atoms with van der Waals surface area (Å²) in [5, 5.41) is 0. The van der Waals surface area contributed by atoms with E-state index in [-0.39, 0.29) is 6.04 Å². The van der Waals surface area contributed by atoms with Crippen molar-refractivity contribution in [3.8, 4) is 0 Å². The highest BCUT2D eigenvalue weighted by molar-refractivity contribution is 5.84. The van der Waals surface area contributed by atoms with Crippen molar-refractivity contribution >= 4 is 11.4 Å². The summed E-state index contributed by atoms with van der Waals surface area (Å²) < 4.78 is 0. The maximum atomic E-state index is 11.8. The van der Waals surface area contributed by atoms with Crippen LogP contribution in [0.1, 0.15) is 48.4 Å². The molecule has 1 unspecified atom stereocenters. The van der Waals surface area contributed by atoms with Gasteiger partial charge in [0.1, 0.15) is 5.78 Å². The molecule has 1 heterocycles. The summed E-state index contributed by atoms with van der Waals surface area (Å²) in [5.41, 5.74) is 7.01. The molecule has 0 bridgehead atoms. The van der Waals surface area contributed by atoms with Crippen LogP contribution in [0, 0.1) is 0 Å². The molecule has 0 aromatic heterocycles. The van der Waals surface area contributed by atoms with Crippen LogP contribution in [0.4, 0.5) is 0 Å². The van der Waals surface area contributed by atoms with Crippen molar-refractivity contribution in [3.63, 3.8) is 0 Å². The lowest BCUT2D eigenvalue weighted by Gasteiger charge is -2.21. The molecule has 1 aliphatic heterocycles. The van der Waals surface area contributed by atoms with Gasteiger partial charge in [-0.3, -0.25) is 9.69 Å². The van der Waals surface area contributed by atoms with Gasteiger partial charge in [-0.25, -0.2) is 0 Å². The average molecular weight is 345 g/mol. The first kappa shape index (κ1) is 17.2. The minimum Gasteiger partial charge on any atom is -0.298 e. The number of aryl methyl sites for hydroxylation is 2. The first-order valence-corrected chi connectivity index (χ1v) is 9.85. The minimum absolute atomic E-state index is 0.141. The number of carbonyl (C=O) groups excluding carboxylic acids is 1. The van der Waals surface area contributed by atoms with Gasteiger partial charge in [-0.1, -0.05) is 54.6 Å². The zero-order valence-corrected chi connectivity index (χ0v) is 15.6. The van der Waals surface area contributed by atoms with E-state index in [1.54, 1.807) is 6.92 Å². The van der Waals surface area contributed by atoms with Crippen molar-refractivity contribution in [2.24, 2.45) is 0 Å². The summed E-state index contributed by atoms with van der Waals surface area (Å²) in [5.74, 6) is 0.320. The van der Waals surface area contributed by atoms with E-state index in [0.29, 0.717) is 5.78 Å². The highest BCUT2D eigenvalue weighted by atomic mass is 16.1. The number of carbonyl (C=O) groups is 1. The molecule has 0 saturated carbocycles. The second kappa shape index (κ2) is 7.59. The van der Waals surface area contributed by atoms with Gasteiger partial charge in [-0.05, 0) is 73.4 Å². The first-order valence-electron chi connectivity index (χ1n) is 9.85. The van der Waals surface area contributed by atoms with E-state index in [9.17, 15) is 4.79 Å². The molecule has 134 valence electrons. The zero-order chi connectivity index (χ0) is 17.9. The fraction of sp³-hybridized carbons (Fsp3) is 0.375. The predicted molar refractivity (Wildman–Crippen MR) is 107 cm³/mol. The fourth-order valence-corrected chi connectivity index (χ4v) is 4.57. The molecule has 4 rings (SSSR count). The maximum absolute atomic E-state index is 11.8. The van der Waals surface area contributed by atoms with Crippen LogP contribution in [0.15, 0.2) is 54.6 Å². The Balaban J connectivity index is 1.62. The van der Waals surface area contributed by atoms with E-state index < -0.39 is 0 Å². The Bertz CT molecular complexity index is 786. The molecular formula is C24H27NO. The van der Waals surface area contributed by atoms with Crippen molar-refractivity contribution in [3.05, 3.63) is 76.9 Å². The molecule has 0 N–H and O–H groups in total. The summed E-state index contributed by atoms with van der Waals surface area (Å²) in [4.78, 5) is 14.2. The number of benzene rings is 2. The molecule has 0 spiro atoms. The Morgan fingerprint density at radius 2 is 1.65 bits per heavy atom. The Morgan fingerprint density at radius 3 is 2.27 bits per heavy atom. The number of rotatable bonds is 4. The molecular weight excluding hydrogens is 318 g/mol. The number of hydrogen-bond acceptors (Lipinski definition) is 2. The topological polar surface area (TPSA) is 20.3 Å². The molecule has 26 heavy (non-hydrogen) atoms. The number of nitrogens with zero attached hydrogens (tertiary/aromatic N) is 1. The molecule has 1 saturated heterocycles. The molecule has 2 nitrogen and oxygen atoms in total. The predicted octanol–water partition coefficient (Wildman–Crippen LogP) is 4.66. The van der Waals surface area contributed by atoms with Gasteiger partial charge in [-0.15, -0.1) is 0 Å². The monoisotopic (exact) mass is 345 g/mol. The van der Waals surface area contributed by atoms with Crippen LogP contribution in [0.25, 0.3) is 5.57 Å². The van der Waals surface area contributed by atoms with Gasteiger partial charge in [0.05, 0.1) is 6.04 Å². The van der Waals surface area contributed by atoms with E-state index in [1.807, 2.05) is 0 Å². The van der Waals surface area contributed by atoms with E-state index in [4.69, 9.17) is 0 Å². The quantitative estimate of drug-likeness (QED) is 0.803. The van der Waals surface area contributed by atoms with E-state index in [0.717, 1.165) is 45.2 Å². The fourth-order valence-electron chi connectivity index (χ4n) is 4.57. The number of likely N-dealkylation sites (tertiary alicyclic amines) is 1. The summed E-state index contributed by atoms with van der Waals surface area (Å²) in [6.45, 7) is 3.76. The van der Waals surface area contributed by atoms with Crippen molar-refractivity contribution < 1.29 is 4.79 Å². The highest BCUT2D eigenvalue weighted by Gasteiger charge is 2.27. The van der Waals surface area contributed by atoms with Gasteiger partial charge in [-0.2, -0.15) is 0 Å². The Labute approximate surface area is 156 Å². The molecule has 2 aromatic carbocycles.